The Kier molecular flexibility index (Phi) is 61.2. The zero-order chi connectivity index (χ0) is 54.4. The summed E-state index contributed by atoms with van der Waals surface area (Å²) >= 11 is 0. The van der Waals surface area contributed by atoms with Gasteiger partial charge in [0.05, 0.1) is 31.5 Å². The van der Waals surface area contributed by atoms with E-state index in [4.69, 9.17) is 4.74 Å². The van der Waals surface area contributed by atoms with Crippen molar-refractivity contribution in [2.45, 2.75) is 372 Å². The number of hydrogen-bond acceptors (Lipinski definition) is 6. The first-order chi connectivity index (χ1) is 36.9. The minimum absolute atomic E-state index is 0.00192. The van der Waals surface area contributed by atoms with Crippen LogP contribution in [-0.4, -0.2) is 58.7 Å². The topological polar surface area (TPSA) is 116 Å². The predicted octanol–water partition coefficient (Wildman–Crippen LogP) is 20.1. The van der Waals surface area contributed by atoms with Crippen molar-refractivity contribution in [3.8, 4) is 0 Å². The highest BCUT2D eigenvalue weighted by molar-refractivity contribution is 5.76. The lowest BCUT2D eigenvalue weighted by atomic mass is 10.0. The second kappa shape index (κ2) is 62.9. The zero-order valence-corrected chi connectivity index (χ0v) is 50.2. The Morgan fingerprint density at radius 3 is 1.15 bits per heavy atom. The molecule has 0 unspecified atom stereocenters. The smallest absolute Gasteiger partial charge is 0.305 e. The van der Waals surface area contributed by atoms with Gasteiger partial charge in [-0.25, -0.2) is 0 Å². The summed E-state index contributed by atoms with van der Waals surface area (Å²) in [7, 11) is 0. The quantitative estimate of drug-likeness (QED) is 0.0274. The van der Waals surface area contributed by atoms with E-state index >= 15 is 0 Å². The summed E-state index contributed by atoms with van der Waals surface area (Å²) in [6.45, 7) is 4.78. The zero-order valence-electron chi connectivity index (χ0n) is 50.2. The molecule has 0 spiro atoms. The van der Waals surface area contributed by atoms with Gasteiger partial charge in [0, 0.05) is 12.8 Å². The fourth-order valence-corrected chi connectivity index (χ4v) is 10.3. The number of amides is 1. The number of carbonyl (C=O) groups excluding carboxylic acids is 2. The molecule has 0 aliphatic heterocycles. The van der Waals surface area contributed by atoms with Crippen LogP contribution < -0.4 is 5.32 Å². The number of nitrogens with one attached hydrogen (secondary N) is 1. The van der Waals surface area contributed by atoms with Gasteiger partial charge in [-0.1, -0.05) is 320 Å². The number of aliphatic hydroxyl groups is 3. The largest absolute Gasteiger partial charge is 0.466 e. The van der Waals surface area contributed by atoms with Gasteiger partial charge >= 0.3 is 5.97 Å². The van der Waals surface area contributed by atoms with Gasteiger partial charge in [0.1, 0.15) is 0 Å². The molecule has 0 aliphatic carbocycles. The third-order valence-corrected chi connectivity index (χ3v) is 15.5. The standard InChI is InChI=1S/C68H129NO6/c1-3-5-7-9-11-13-15-16-31-35-39-43-47-51-55-59-68(74)75-62-56-52-48-44-40-36-33-30-28-26-24-22-20-18-17-19-21-23-25-27-29-32-34-38-42-46-50-54-58-67(73)69-65(63-70)66(72)61-60-64(71)57-53-49-45-41-37-14-12-10-8-6-4-2/h11,13,16,31,60-61,64-66,70-72H,3-10,12,14-15,17-30,32-59,62-63H2,1-2H3,(H,69,73)/b13-11-,31-16-,61-60+/t64-,65+,66-/m1/s1. The molecule has 0 aromatic heterocycles. The van der Waals surface area contributed by atoms with E-state index in [0.29, 0.717) is 25.9 Å². The molecule has 0 saturated heterocycles. The van der Waals surface area contributed by atoms with Gasteiger partial charge < -0.3 is 25.4 Å². The van der Waals surface area contributed by atoms with Crippen molar-refractivity contribution < 1.29 is 29.6 Å². The molecule has 442 valence electrons. The molecular weight excluding hydrogens is 927 g/mol. The molecule has 1 amide bonds. The van der Waals surface area contributed by atoms with Gasteiger partial charge in [-0.2, -0.15) is 0 Å². The highest BCUT2D eigenvalue weighted by Gasteiger charge is 2.18. The highest BCUT2D eigenvalue weighted by atomic mass is 16.5. The molecule has 0 bridgehead atoms. The Bertz CT molecular complexity index is 1230. The summed E-state index contributed by atoms with van der Waals surface area (Å²) in [5.41, 5.74) is 0. The van der Waals surface area contributed by atoms with Crippen LogP contribution in [0.5, 0.6) is 0 Å². The van der Waals surface area contributed by atoms with Gasteiger partial charge in [-0.05, 0) is 57.8 Å². The third-order valence-electron chi connectivity index (χ3n) is 15.5. The van der Waals surface area contributed by atoms with Crippen molar-refractivity contribution >= 4 is 11.9 Å². The summed E-state index contributed by atoms with van der Waals surface area (Å²) in [5, 5.41) is 33.4. The van der Waals surface area contributed by atoms with Crippen molar-refractivity contribution in [3.05, 3.63) is 36.5 Å². The van der Waals surface area contributed by atoms with Gasteiger partial charge in [0.25, 0.3) is 0 Å². The number of carbonyl (C=O) groups is 2. The Morgan fingerprint density at radius 2 is 0.733 bits per heavy atom. The maximum absolute atomic E-state index is 12.5. The van der Waals surface area contributed by atoms with Crippen molar-refractivity contribution in [1.29, 1.82) is 0 Å². The molecule has 3 atom stereocenters. The molecule has 75 heavy (non-hydrogen) atoms. The van der Waals surface area contributed by atoms with Crippen LogP contribution >= 0.6 is 0 Å². The maximum Gasteiger partial charge on any atom is 0.305 e. The average molecular weight is 1060 g/mol. The van der Waals surface area contributed by atoms with Crippen LogP contribution in [0.2, 0.25) is 0 Å². The molecule has 0 rings (SSSR count). The van der Waals surface area contributed by atoms with Gasteiger partial charge in [-0.3, -0.25) is 9.59 Å². The van der Waals surface area contributed by atoms with Crippen molar-refractivity contribution in [1.82, 2.24) is 5.32 Å². The summed E-state index contributed by atoms with van der Waals surface area (Å²) in [6.07, 6.45) is 76.5. The second-order valence-corrected chi connectivity index (χ2v) is 23.0. The molecule has 0 aromatic carbocycles. The SMILES string of the molecule is CCCCC/C=C\C/C=C\CCCCCCCC(=O)OCCCCCCCCCCCCCCCCCCCCCCCCCCCCCCC(=O)N[C@@H](CO)[C@H](O)/C=C/[C@H](O)CCCCCCCCCCCCC. The highest BCUT2D eigenvalue weighted by Crippen LogP contribution is 2.18. The average Bonchev–Trinajstić information content (AvgIpc) is 3.41. The van der Waals surface area contributed by atoms with E-state index in [1.165, 1.54) is 269 Å². The number of rotatable bonds is 62. The fourth-order valence-electron chi connectivity index (χ4n) is 10.3. The van der Waals surface area contributed by atoms with E-state index < -0.39 is 18.2 Å². The summed E-state index contributed by atoms with van der Waals surface area (Å²) in [4.78, 5) is 24.5. The molecule has 0 heterocycles. The minimum Gasteiger partial charge on any atom is -0.466 e. The summed E-state index contributed by atoms with van der Waals surface area (Å²) in [5.74, 6) is -0.126. The van der Waals surface area contributed by atoms with Crippen LogP contribution in [0.25, 0.3) is 0 Å². The van der Waals surface area contributed by atoms with Gasteiger partial charge in [0.15, 0.2) is 0 Å². The van der Waals surface area contributed by atoms with Crippen molar-refractivity contribution in [2.75, 3.05) is 13.2 Å². The van der Waals surface area contributed by atoms with Crippen LogP contribution in [0.15, 0.2) is 36.5 Å². The van der Waals surface area contributed by atoms with Crippen LogP contribution in [0.4, 0.5) is 0 Å². The van der Waals surface area contributed by atoms with Crippen LogP contribution in [0, 0.1) is 0 Å². The first-order valence-corrected chi connectivity index (χ1v) is 33.3. The van der Waals surface area contributed by atoms with E-state index in [2.05, 4.69) is 43.5 Å². The number of aliphatic hydroxyl groups excluding tert-OH is 3. The monoisotopic (exact) mass is 1060 g/mol. The number of hydrogen-bond donors (Lipinski definition) is 4. The third kappa shape index (κ3) is 59.5. The number of ether oxygens (including phenoxy) is 1. The van der Waals surface area contributed by atoms with E-state index in [1.807, 2.05) is 0 Å². The first-order valence-electron chi connectivity index (χ1n) is 33.3. The summed E-state index contributed by atoms with van der Waals surface area (Å²) < 4.78 is 5.48. The Morgan fingerprint density at radius 1 is 0.400 bits per heavy atom. The number of esters is 1. The fraction of sp³-hybridized carbons (Fsp3) is 0.882. The molecule has 4 N–H and O–H groups in total. The lowest BCUT2D eigenvalue weighted by Gasteiger charge is -2.20. The van der Waals surface area contributed by atoms with Crippen LogP contribution in [-0.2, 0) is 14.3 Å². The molecule has 0 aromatic rings. The first kappa shape index (κ1) is 73.0. The maximum atomic E-state index is 12.5. The molecule has 0 radical (unpaired) electrons. The Balaban J connectivity index is 3.40. The number of unbranched alkanes of at least 4 members (excludes halogenated alkanes) is 45. The lowest BCUT2D eigenvalue weighted by molar-refractivity contribution is -0.143. The van der Waals surface area contributed by atoms with E-state index in [0.717, 1.165) is 57.8 Å². The normalized spacial score (nSPS) is 13.2. The van der Waals surface area contributed by atoms with Crippen LogP contribution in [0.1, 0.15) is 354 Å². The Labute approximate surface area is 466 Å². The van der Waals surface area contributed by atoms with E-state index in [1.54, 1.807) is 6.08 Å². The molecule has 7 nitrogen and oxygen atoms in total. The second-order valence-electron chi connectivity index (χ2n) is 23.0. The van der Waals surface area contributed by atoms with Crippen molar-refractivity contribution in [2.24, 2.45) is 0 Å². The van der Waals surface area contributed by atoms with Crippen LogP contribution in [0.3, 0.4) is 0 Å². The van der Waals surface area contributed by atoms with E-state index in [9.17, 15) is 24.9 Å². The molecular formula is C68H129NO6. The minimum atomic E-state index is -1.02. The van der Waals surface area contributed by atoms with E-state index in [-0.39, 0.29) is 18.5 Å². The molecule has 7 heteroatoms. The summed E-state index contributed by atoms with van der Waals surface area (Å²) in [6, 6.07) is -0.748. The van der Waals surface area contributed by atoms with Gasteiger partial charge in [-0.15, -0.1) is 0 Å². The molecule has 0 saturated carbocycles. The predicted molar refractivity (Wildman–Crippen MR) is 325 cm³/mol. The molecule has 0 fully saturated rings. The lowest BCUT2D eigenvalue weighted by Crippen LogP contribution is -2.45. The van der Waals surface area contributed by atoms with Gasteiger partial charge in [0.2, 0.25) is 5.91 Å². The van der Waals surface area contributed by atoms with Crippen molar-refractivity contribution in [3.63, 3.8) is 0 Å². The Hall–Kier alpha value is -1.96. The molecule has 0 aliphatic rings. The number of allylic oxidation sites excluding steroid dienone is 4.